The van der Waals surface area contributed by atoms with Gasteiger partial charge in [-0.05, 0) is 43.3 Å². The SMILES string of the molecule is CCOC(=O)c1cccnc1-n1nc(Cn2nc(-c3ccc(Cl)cc3)n(CC(O)C(F)(F)F)c2=O)nc1C(=O)OC. The van der Waals surface area contributed by atoms with Gasteiger partial charge >= 0.3 is 23.8 Å². The Morgan fingerprint density at radius 1 is 1.12 bits per heavy atom. The van der Waals surface area contributed by atoms with Crippen LogP contribution in [0.25, 0.3) is 17.2 Å². The lowest BCUT2D eigenvalue weighted by Crippen LogP contribution is -2.37. The number of aliphatic hydroxyl groups is 1. The highest BCUT2D eigenvalue weighted by Crippen LogP contribution is 2.24. The maximum Gasteiger partial charge on any atom is 0.416 e. The van der Waals surface area contributed by atoms with E-state index < -0.39 is 48.8 Å². The first kappa shape index (κ1) is 29.4. The number of hydrogen-bond donors (Lipinski definition) is 1. The van der Waals surface area contributed by atoms with Crippen LogP contribution in [0, 0.1) is 0 Å². The van der Waals surface area contributed by atoms with Crippen LogP contribution < -0.4 is 5.69 Å². The number of pyridine rings is 1. The molecular weight excluding hydrogens is 575 g/mol. The van der Waals surface area contributed by atoms with E-state index in [4.69, 9.17) is 21.1 Å². The zero-order chi connectivity index (χ0) is 29.9. The number of esters is 2. The van der Waals surface area contributed by atoms with Crippen LogP contribution in [0.2, 0.25) is 5.02 Å². The van der Waals surface area contributed by atoms with E-state index in [1.165, 1.54) is 42.6 Å². The Bertz CT molecular complexity index is 1630. The molecule has 0 saturated heterocycles. The molecule has 0 bridgehead atoms. The highest BCUT2D eigenvalue weighted by molar-refractivity contribution is 6.30. The Hall–Kier alpha value is -4.57. The summed E-state index contributed by atoms with van der Waals surface area (Å²) in [6.07, 6.45) is -6.54. The van der Waals surface area contributed by atoms with Crippen LogP contribution >= 0.6 is 11.6 Å². The van der Waals surface area contributed by atoms with Gasteiger partial charge in [-0.25, -0.2) is 29.0 Å². The first-order valence-corrected chi connectivity index (χ1v) is 12.2. The largest absolute Gasteiger partial charge is 0.463 e. The summed E-state index contributed by atoms with van der Waals surface area (Å²) in [6.45, 7) is -0.00598. The van der Waals surface area contributed by atoms with Crippen molar-refractivity contribution in [2.24, 2.45) is 0 Å². The topological polar surface area (TPSA) is 156 Å². The Morgan fingerprint density at radius 3 is 2.46 bits per heavy atom. The van der Waals surface area contributed by atoms with E-state index in [0.29, 0.717) is 9.59 Å². The maximum absolute atomic E-state index is 13.2. The van der Waals surface area contributed by atoms with Gasteiger partial charge in [-0.3, -0.25) is 4.57 Å². The Kier molecular flexibility index (Phi) is 8.53. The molecule has 4 aromatic rings. The van der Waals surface area contributed by atoms with Gasteiger partial charge in [0.15, 0.2) is 23.6 Å². The Balaban J connectivity index is 1.81. The zero-order valence-corrected chi connectivity index (χ0v) is 22.1. The monoisotopic (exact) mass is 595 g/mol. The van der Waals surface area contributed by atoms with Gasteiger partial charge in [0.25, 0.3) is 0 Å². The van der Waals surface area contributed by atoms with Crippen molar-refractivity contribution in [3.8, 4) is 17.2 Å². The lowest BCUT2D eigenvalue weighted by atomic mass is 10.2. The predicted octanol–water partition coefficient (Wildman–Crippen LogP) is 2.28. The van der Waals surface area contributed by atoms with Crippen molar-refractivity contribution in [3.05, 3.63) is 75.3 Å². The molecule has 3 aromatic heterocycles. The minimum Gasteiger partial charge on any atom is -0.463 e. The van der Waals surface area contributed by atoms with Crippen LogP contribution in [0.3, 0.4) is 0 Å². The minimum absolute atomic E-state index is 0.0523. The average Bonchev–Trinajstić information content (AvgIpc) is 3.49. The van der Waals surface area contributed by atoms with Gasteiger partial charge in [0.1, 0.15) is 12.1 Å². The molecular formula is C24H21ClF3N7O6. The van der Waals surface area contributed by atoms with Gasteiger partial charge in [-0.15, -0.1) is 10.2 Å². The standard InChI is InChI=1S/C24H21ClF3N7O6/c1-3-41-21(37)15-5-4-10-29-19(15)35-20(22(38)40-2)30-17(31-35)12-34-23(39)33(11-16(36)24(26,27)28)18(32-34)13-6-8-14(25)9-7-13/h4-10,16,36H,3,11-12H2,1-2H3. The summed E-state index contributed by atoms with van der Waals surface area (Å²) in [4.78, 5) is 46.4. The van der Waals surface area contributed by atoms with Crippen molar-refractivity contribution in [2.45, 2.75) is 32.3 Å². The number of nitrogens with zero attached hydrogens (tertiary/aromatic N) is 7. The molecule has 1 atom stereocenters. The maximum atomic E-state index is 13.2. The van der Waals surface area contributed by atoms with Gasteiger partial charge in [0.05, 0.1) is 20.3 Å². The van der Waals surface area contributed by atoms with Crippen molar-refractivity contribution >= 4 is 23.5 Å². The quantitative estimate of drug-likeness (QED) is 0.285. The summed E-state index contributed by atoms with van der Waals surface area (Å²) in [5.41, 5.74) is -0.844. The summed E-state index contributed by atoms with van der Waals surface area (Å²) < 4.78 is 51.6. The second-order valence-electron chi connectivity index (χ2n) is 8.29. The smallest absolute Gasteiger partial charge is 0.416 e. The molecule has 0 aliphatic rings. The third-order valence-electron chi connectivity index (χ3n) is 5.55. The van der Waals surface area contributed by atoms with E-state index in [2.05, 4.69) is 20.2 Å². The number of benzene rings is 1. The fraction of sp³-hybridized carbons (Fsp3) is 0.292. The predicted molar refractivity (Wildman–Crippen MR) is 135 cm³/mol. The molecule has 0 fully saturated rings. The number of carbonyl (C=O) groups is 2. The second kappa shape index (κ2) is 11.9. The number of rotatable bonds is 9. The van der Waals surface area contributed by atoms with Gasteiger partial charge in [0.2, 0.25) is 5.82 Å². The second-order valence-corrected chi connectivity index (χ2v) is 8.73. The molecule has 0 radical (unpaired) electrons. The average molecular weight is 596 g/mol. The van der Waals surface area contributed by atoms with Gasteiger partial charge < -0.3 is 14.6 Å². The molecule has 0 amide bonds. The number of halogens is 4. The summed E-state index contributed by atoms with van der Waals surface area (Å²) >= 11 is 5.91. The molecule has 3 heterocycles. The lowest BCUT2D eigenvalue weighted by Gasteiger charge is -2.15. The first-order chi connectivity index (χ1) is 19.4. The molecule has 1 unspecified atom stereocenters. The van der Waals surface area contributed by atoms with Crippen molar-refractivity contribution in [1.29, 1.82) is 0 Å². The third-order valence-corrected chi connectivity index (χ3v) is 5.80. The van der Waals surface area contributed by atoms with Crippen LogP contribution in [0.1, 0.15) is 33.7 Å². The Labute approximate surface area is 233 Å². The summed E-state index contributed by atoms with van der Waals surface area (Å²) in [5.74, 6) is -2.65. The van der Waals surface area contributed by atoms with E-state index in [1.54, 1.807) is 6.92 Å². The molecule has 17 heteroatoms. The van der Waals surface area contributed by atoms with Crippen molar-refractivity contribution in [2.75, 3.05) is 13.7 Å². The minimum atomic E-state index is -5.01. The van der Waals surface area contributed by atoms with Gasteiger partial charge in [-0.1, -0.05) is 11.6 Å². The van der Waals surface area contributed by atoms with E-state index in [1.807, 2.05) is 0 Å². The molecule has 216 valence electrons. The summed E-state index contributed by atoms with van der Waals surface area (Å²) in [7, 11) is 1.09. The van der Waals surface area contributed by atoms with Crippen molar-refractivity contribution < 1.29 is 37.3 Å². The molecule has 0 saturated carbocycles. The van der Waals surface area contributed by atoms with Crippen LogP contribution in [0.4, 0.5) is 13.2 Å². The van der Waals surface area contributed by atoms with Gasteiger partial charge in [0, 0.05) is 16.8 Å². The molecule has 13 nitrogen and oxygen atoms in total. The fourth-order valence-electron chi connectivity index (χ4n) is 3.66. The number of methoxy groups -OCH3 is 1. The summed E-state index contributed by atoms with van der Waals surface area (Å²) in [5, 5.41) is 18.3. The molecule has 1 N–H and O–H groups in total. The van der Waals surface area contributed by atoms with Crippen LogP contribution in [0.15, 0.2) is 47.4 Å². The van der Waals surface area contributed by atoms with E-state index >= 15 is 0 Å². The highest BCUT2D eigenvalue weighted by Gasteiger charge is 2.39. The number of aromatic nitrogens is 7. The van der Waals surface area contributed by atoms with E-state index in [9.17, 15) is 32.7 Å². The normalized spacial score (nSPS) is 12.3. The van der Waals surface area contributed by atoms with Gasteiger partial charge in [-0.2, -0.15) is 17.9 Å². The highest BCUT2D eigenvalue weighted by atomic mass is 35.5. The van der Waals surface area contributed by atoms with E-state index in [-0.39, 0.29) is 35.2 Å². The molecule has 41 heavy (non-hydrogen) atoms. The number of carbonyl (C=O) groups excluding carboxylic acids is 2. The van der Waals surface area contributed by atoms with Crippen LogP contribution in [-0.4, -0.2) is 77.1 Å². The zero-order valence-electron chi connectivity index (χ0n) is 21.4. The van der Waals surface area contributed by atoms with Crippen LogP contribution in [0.5, 0.6) is 0 Å². The van der Waals surface area contributed by atoms with Crippen molar-refractivity contribution in [3.63, 3.8) is 0 Å². The number of alkyl halides is 3. The van der Waals surface area contributed by atoms with E-state index in [0.717, 1.165) is 16.5 Å². The molecule has 1 aromatic carbocycles. The number of aliphatic hydroxyl groups excluding tert-OH is 1. The summed E-state index contributed by atoms with van der Waals surface area (Å²) in [6, 6.07) is 8.62. The van der Waals surface area contributed by atoms with Crippen LogP contribution in [-0.2, 0) is 22.6 Å². The first-order valence-electron chi connectivity index (χ1n) is 11.8. The fourth-order valence-corrected chi connectivity index (χ4v) is 3.78. The third kappa shape index (κ3) is 6.28. The molecule has 4 rings (SSSR count). The lowest BCUT2D eigenvalue weighted by molar-refractivity contribution is -0.207. The molecule has 0 spiro atoms. The molecule has 0 aliphatic carbocycles. The Morgan fingerprint density at radius 2 is 1.83 bits per heavy atom. The van der Waals surface area contributed by atoms with Crippen molar-refractivity contribution in [1.82, 2.24) is 34.1 Å². The number of ether oxygens (including phenoxy) is 2. The number of hydrogen-bond acceptors (Lipinski definition) is 10. The molecule has 0 aliphatic heterocycles.